The van der Waals surface area contributed by atoms with Crippen molar-refractivity contribution in [1.29, 1.82) is 0 Å². The fraction of sp³-hybridized carbons (Fsp3) is 0.304. The number of carbonyl (C=O) groups excluding carboxylic acids is 1. The minimum atomic E-state index is -0.425. The summed E-state index contributed by atoms with van der Waals surface area (Å²) in [7, 11) is 0. The lowest BCUT2D eigenvalue weighted by Crippen LogP contribution is -2.35. The molecule has 1 aliphatic rings. The van der Waals surface area contributed by atoms with Crippen molar-refractivity contribution in [1.82, 2.24) is 4.90 Å². The predicted molar refractivity (Wildman–Crippen MR) is 124 cm³/mol. The average Bonchev–Trinajstić information content (AvgIpc) is 3.01. The fourth-order valence-electron chi connectivity index (χ4n) is 2.99. The molecule has 0 atom stereocenters. The molecule has 0 saturated carbocycles. The van der Waals surface area contributed by atoms with Crippen LogP contribution in [0.4, 0.5) is 5.69 Å². The van der Waals surface area contributed by atoms with Crippen LogP contribution in [0.25, 0.3) is 6.08 Å². The van der Waals surface area contributed by atoms with Crippen LogP contribution < -0.4 is 4.74 Å². The molecule has 0 spiro atoms. The molecule has 0 bridgehead atoms. The molecule has 1 aliphatic heterocycles. The number of nitro benzene ring substituents is 1. The van der Waals surface area contributed by atoms with E-state index >= 15 is 0 Å². The van der Waals surface area contributed by atoms with E-state index in [0.717, 1.165) is 16.3 Å². The van der Waals surface area contributed by atoms with Crippen LogP contribution in [0, 0.1) is 10.1 Å². The SMILES string of the molecule is CC(C)N=C1S/C(=C/c2ccc(OCc3cccc([N+](=O)[O-])c3)cc2)C(=O)N1C(C)C. The smallest absolute Gasteiger partial charge is 0.269 e. The van der Waals surface area contributed by atoms with Crippen molar-refractivity contribution in [3.8, 4) is 5.75 Å². The number of benzene rings is 2. The van der Waals surface area contributed by atoms with Crippen molar-refractivity contribution in [2.45, 2.75) is 46.4 Å². The third-order valence-electron chi connectivity index (χ3n) is 4.43. The van der Waals surface area contributed by atoms with Gasteiger partial charge in [-0.3, -0.25) is 24.8 Å². The van der Waals surface area contributed by atoms with Gasteiger partial charge in [0.05, 0.1) is 9.83 Å². The van der Waals surface area contributed by atoms with Gasteiger partial charge in [0.25, 0.3) is 11.6 Å². The highest BCUT2D eigenvalue weighted by Crippen LogP contribution is 2.34. The summed E-state index contributed by atoms with van der Waals surface area (Å²) < 4.78 is 5.74. The second kappa shape index (κ2) is 9.78. The van der Waals surface area contributed by atoms with Gasteiger partial charge in [-0.05, 0) is 68.8 Å². The first-order chi connectivity index (χ1) is 14.7. The number of amidine groups is 1. The van der Waals surface area contributed by atoms with Gasteiger partial charge >= 0.3 is 0 Å². The Morgan fingerprint density at radius 3 is 2.48 bits per heavy atom. The molecule has 0 aliphatic carbocycles. The van der Waals surface area contributed by atoms with Crippen molar-refractivity contribution < 1.29 is 14.5 Å². The van der Waals surface area contributed by atoms with Crippen LogP contribution in [0.5, 0.6) is 5.75 Å². The number of aliphatic imine (C=N–C) groups is 1. The zero-order valence-corrected chi connectivity index (χ0v) is 18.8. The van der Waals surface area contributed by atoms with E-state index in [-0.39, 0.29) is 30.3 Å². The van der Waals surface area contributed by atoms with Gasteiger partial charge < -0.3 is 4.74 Å². The molecule has 1 fully saturated rings. The van der Waals surface area contributed by atoms with Gasteiger partial charge in [0.15, 0.2) is 5.17 Å². The maximum absolute atomic E-state index is 12.8. The van der Waals surface area contributed by atoms with Gasteiger partial charge in [-0.1, -0.05) is 24.3 Å². The van der Waals surface area contributed by atoms with Crippen molar-refractivity contribution in [2.75, 3.05) is 0 Å². The molecule has 1 saturated heterocycles. The number of rotatable bonds is 7. The molecule has 0 radical (unpaired) electrons. The first kappa shape index (κ1) is 22.6. The normalized spacial score (nSPS) is 16.7. The first-order valence-electron chi connectivity index (χ1n) is 10.0. The number of nitrogens with zero attached hydrogens (tertiary/aromatic N) is 3. The quantitative estimate of drug-likeness (QED) is 0.334. The van der Waals surface area contributed by atoms with E-state index in [2.05, 4.69) is 4.99 Å². The third kappa shape index (κ3) is 5.73. The Kier molecular flexibility index (Phi) is 7.12. The van der Waals surface area contributed by atoms with Gasteiger partial charge in [-0.25, -0.2) is 0 Å². The van der Waals surface area contributed by atoms with Crippen molar-refractivity contribution >= 4 is 34.6 Å². The lowest BCUT2D eigenvalue weighted by Gasteiger charge is -2.20. The van der Waals surface area contributed by atoms with Crippen LogP contribution in [0.1, 0.15) is 38.8 Å². The second-order valence-electron chi connectivity index (χ2n) is 7.67. The number of amides is 1. The molecule has 3 rings (SSSR count). The molecule has 0 unspecified atom stereocenters. The van der Waals surface area contributed by atoms with Gasteiger partial charge in [-0.15, -0.1) is 0 Å². The number of carbonyl (C=O) groups is 1. The second-order valence-corrected chi connectivity index (χ2v) is 8.68. The number of thioether (sulfide) groups is 1. The molecule has 162 valence electrons. The third-order valence-corrected chi connectivity index (χ3v) is 5.42. The lowest BCUT2D eigenvalue weighted by molar-refractivity contribution is -0.384. The molecule has 7 nitrogen and oxygen atoms in total. The van der Waals surface area contributed by atoms with E-state index in [1.807, 2.05) is 58.0 Å². The standard InChI is InChI=1S/C23H25N3O4S/c1-15(2)24-23-25(16(3)4)22(27)21(31-23)13-17-8-10-20(11-9-17)30-14-18-6-5-7-19(12-18)26(28)29/h5-13,15-16H,14H2,1-4H3/b21-13+,24-23?. The number of hydrogen-bond donors (Lipinski definition) is 0. The molecule has 1 amide bonds. The zero-order chi connectivity index (χ0) is 22.5. The summed E-state index contributed by atoms with van der Waals surface area (Å²) in [5, 5.41) is 11.6. The Morgan fingerprint density at radius 1 is 1.16 bits per heavy atom. The summed E-state index contributed by atoms with van der Waals surface area (Å²) in [6, 6.07) is 13.9. The summed E-state index contributed by atoms with van der Waals surface area (Å²) in [5.41, 5.74) is 1.64. The summed E-state index contributed by atoms with van der Waals surface area (Å²) in [4.78, 5) is 30.2. The summed E-state index contributed by atoms with van der Waals surface area (Å²) in [5.74, 6) is 0.607. The number of hydrogen-bond acceptors (Lipinski definition) is 6. The molecular formula is C23H25N3O4S. The number of ether oxygens (including phenoxy) is 1. The van der Waals surface area contributed by atoms with Gasteiger partial charge in [0, 0.05) is 24.2 Å². The van der Waals surface area contributed by atoms with E-state index in [9.17, 15) is 14.9 Å². The molecule has 0 N–H and O–H groups in total. The largest absolute Gasteiger partial charge is 0.489 e. The van der Waals surface area contributed by atoms with E-state index in [4.69, 9.17) is 4.74 Å². The van der Waals surface area contributed by atoms with Crippen LogP contribution in [0.3, 0.4) is 0 Å². The first-order valence-corrected chi connectivity index (χ1v) is 10.8. The molecule has 2 aromatic rings. The molecule has 1 heterocycles. The van der Waals surface area contributed by atoms with Crippen LogP contribution in [0.15, 0.2) is 58.4 Å². The Morgan fingerprint density at radius 2 is 1.87 bits per heavy atom. The van der Waals surface area contributed by atoms with Crippen molar-refractivity contribution in [3.63, 3.8) is 0 Å². The molecule has 2 aromatic carbocycles. The fourth-order valence-corrected chi connectivity index (χ4v) is 4.22. The highest BCUT2D eigenvalue weighted by atomic mass is 32.2. The van der Waals surface area contributed by atoms with Crippen LogP contribution in [-0.2, 0) is 11.4 Å². The van der Waals surface area contributed by atoms with Gasteiger partial charge in [0.1, 0.15) is 12.4 Å². The maximum Gasteiger partial charge on any atom is 0.269 e. The van der Waals surface area contributed by atoms with Crippen molar-refractivity contribution in [3.05, 3.63) is 74.7 Å². The zero-order valence-electron chi connectivity index (χ0n) is 17.9. The van der Waals surface area contributed by atoms with E-state index < -0.39 is 4.92 Å². The monoisotopic (exact) mass is 439 g/mol. The average molecular weight is 440 g/mol. The predicted octanol–water partition coefficient (Wildman–Crippen LogP) is 5.26. The summed E-state index contributed by atoms with van der Waals surface area (Å²) in [6.45, 7) is 8.17. The minimum absolute atomic E-state index is 0.0352. The van der Waals surface area contributed by atoms with Crippen LogP contribution in [0.2, 0.25) is 0 Å². The van der Waals surface area contributed by atoms with Crippen molar-refractivity contribution in [2.24, 2.45) is 4.99 Å². The number of nitro groups is 1. The Labute approximate surface area is 186 Å². The molecule has 8 heteroatoms. The lowest BCUT2D eigenvalue weighted by atomic mass is 10.2. The highest BCUT2D eigenvalue weighted by molar-refractivity contribution is 8.18. The van der Waals surface area contributed by atoms with Gasteiger partial charge in [0.2, 0.25) is 0 Å². The highest BCUT2D eigenvalue weighted by Gasteiger charge is 2.35. The molecule has 0 aromatic heterocycles. The molecule has 31 heavy (non-hydrogen) atoms. The summed E-state index contributed by atoms with van der Waals surface area (Å²) in [6.07, 6.45) is 1.86. The van der Waals surface area contributed by atoms with E-state index in [0.29, 0.717) is 10.7 Å². The van der Waals surface area contributed by atoms with Crippen LogP contribution in [-0.4, -0.2) is 33.0 Å². The Bertz CT molecular complexity index is 1030. The van der Waals surface area contributed by atoms with Gasteiger partial charge in [-0.2, -0.15) is 0 Å². The van der Waals surface area contributed by atoms with Crippen LogP contribution >= 0.6 is 11.8 Å². The van der Waals surface area contributed by atoms with E-state index in [1.165, 1.54) is 23.9 Å². The number of non-ortho nitro benzene ring substituents is 1. The topological polar surface area (TPSA) is 85.0 Å². The summed E-state index contributed by atoms with van der Waals surface area (Å²) >= 11 is 1.39. The molecular weight excluding hydrogens is 414 g/mol. The Balaban J connectivity index is 1.70. The van der Waals surface area contributed by atoms with E-state index in [1.54, 1.807) is 17.0 Å². The maximum atomic E-state index is 12.8. The Hall–Kier alpha value is -3.13. The minimum Gasteiger partial charge on any atom is -0.489 e.